The van der Waals surface area contributed by atoms with Crippen LogP contribution in [0.15, 0.2) is 28.8 Å². The summed E-state index contributed by atoms with van der Waals surface area (Å²) >= 11 is 0. The molecular weight excluding hydrogens is 250 g/mol. The highest BCUT2D eigenvalue weighted by atomic mass is 16.5. The van der Waals surface area contributed by atoms with E-state index in [0.717, 1.165) is 31.6 Å². The third kappa shape index (κ3) is 4.17. The molecule has 20 heavy (non-hydrogen) atoms. The van der Waals surface area contributed by atoms with Crippen molar-refractivity contribution in [1.82, 2.24) is 15.0 Å². The lowest BCUT2D eigenvalue weighted by Crippen LogP contribution is -2.18. The van der Waals surface area contributed by atoms with Gasteiger partial charge in [0.05, 0.1) is 6.54 Å². The standard InChI is InChI=1S/C16H23N3O/c1-4-5-10-15-17-16(20-18-15)12-19(3)11-14-9-7-6-8-13(14)2/h6-9H,4-5,10-12H2,1-3H3. The van der Waals surface area contributed by atoms with Crippen LogP contribution in [0, 0.1) is 6.92 Å². The Hall–Kier alpha value is -1.68. The first-order chi connectivity index (χ1) is 9.69. The van der Waals surface area contributed by atoms with Gasteiger partial charge in [-0.1, -0.05) is 42.8 Å². The van der Waals surface area contributed by atoms with Gasteiger partial charge >= 0.3 is 0 Å². The van der Waals surface area contributed by atoms with Gasteiger partial charge in [0.15, 0.2) is 5.82 Å². The molecule has 0 aliphatic heterocycles. The third-order valence-electron chi connectivity index (χ3n) is 3.37. The van der Waals surface area contributed by atoms with Crippen molar-refractivity contribution in [3.63, 3.8) is 0 Å². The summed E-state index contributed by atoms with van der Waals surface area (Å²) in [5.41, 5.74) is 2.65. The molecule has 1 heterocycles. The van der Waals surface area contributed by atoms with Crippen molar-refractivity contribution < 1.29 is 4.52 Å². The summed E-state index contributed by atoms with van der Waals surface area (Å²) in [7, 11) is 2.07. The number of rotatable bonds is 7. The zero-order chi connectivity index (χ0) is 14.4. The van der Waals surface area contributed by atoms with Crippen LogP contribution in [-0.4, -0.2) is 22.1 Å². The van der Waals surface area contributed by atoms with Gasteiger partial charge in [-0.2, -0.15) is 4.98 Å². The fourth-order valence-corrected chi connectivity index (χ4v) is 2.16. The van der Waals surface area contributed by atoms with Crippen LogP contribution in [-0.2, 0) is 19.5 Å². The van der Waals surface area contributed by atoms with Gasteiger partial charge in [-0.05, 0) is 31.5 Å². The summed E-state index contributed by atoms with van der Waals surface area (Å²) in [6, 6.07) is 8.44. The molecule has 0 radical (unpaired) electrons. The Bertz CT molecular complexity index is 536. The summed E-state index contributed by atoms with van der Waals surface area (Å²) in [4.78, 5) is 6.63. The quantitative estimate of drug-likeness (QED) is 0.776. The molecule has 4 nitrogen and oxygen atoms in total. The van der Waals surface area contributed by atoms with E-state index in [0.29, 0.717) is 12.4 Å². The van der Waals surface area contributed by atoms with Crippen LogP contribution in [0.25, 0.3) is 0 Å². The molecule has 0 aliphatic carbocycles. The Morgan fingerprint density at radius 3 is 2.75 bits per heavy atom. The second kappa shape index (κ2) is 7.20. The molecule has 0 aliphatic rings. The molecular formula is C16H23N3O. The fraction of sp³-hybridized carbons (Fsp3) is 0.500. The first-order valence-electron chi connectivity index (χ1n) is 7.23. The highest BCUT2D eigenvalue weighted by Crippen LogP contribution is 2.11. The average Bonchev–Trinajstić information content (AvgIpc) is 2.86. The van der Waals surface area contributed by atoms with Crippen molar-refractivity contribution in [3.05, 3.63) is 47.1 Å². The van der Waals surface area contributed by atoms with Gasteiger partial charge in [0, 0.05) is 13.0 Å². The smallest absolute Gasteiger partial charge is 0.240 e. The van der Waals surface area contributed by atoms with Crippen LogP contribution in [0.2, 0.25) is 0 Å². The second-order valence-corrected chi connectivity index (χ2v) is 5.31. The molecule has 0 saturated carbocycles. The molecule has 0 spiro atoms. The minimum absolute atomic E-state index is 0.688. The minimum Gasteiger partial charge on any atom is -0.338 e. The molecule has 0 fully saturated rings. The highest BCUT2D eigenvalue weighted by Gasteiger charge is 2.10. The van der Waals surface area contributed by atoms with E-state index in [1.807, 2.05) is 0 Å². The van der Waals surface area contributed by atoms with Gasteiger partial charge in [-0.15, -0.1) is 0 Å². The molecule has 1 aromatic heterocycles. The van der Waals surface area contributed by atoms with Crippen LogP contribution in [0.1, 0.15) is 42.6 Å². The Morgan fingerprint density at radius 2 is 2.00 bits per heavy atom. The van der Waals surface area contributed by atoms with Crippen molar-refractivity contribution >= 4 is 0 Å². The summed E-state index contributed by atoms with van der Waals surface area (Å²) < 4.78 is 5.30. The van der Waals surface area contributed by atoms with Gasteiger partial charge in [-0.25, -0.2) is 0 Å². The van der Waals surface area contributed by atoms with Gasteiger partial charge in [-0.3, -0.25) is 4.90 Å². The number of aromatic nitrogens is 2. The van der Waals surface area contributed by atoms with Crippen LogP contribution < -0.4 is 0 Å². The first-order valence-corrected chi connectivity index (χ1v) is 7.23. The molecule has 2 aromatic rings. The third-order valence-corrected chi connectivity index (χ3v) is 3.37. The number of unbranched alkanes of at least 4 members (excludes halogenated alkanes) is 1. The van der Waals surface area contributed by atoms with Gasteiger partial charge in [0.25, 0.3) is 0 Å². The van der Waals surface area contributed by atoms with Crippen molar-refractivity contribution in [1.29, 1.82) is 0 Å². The molecule has 108 valence electrons. The summed E-state index contributed by atoms with van der Waals surface area (Å²) in [5, 5.41) is 4.02. The van der Waals surface area contributed by atoms with Crippen LogP contribution in [0.3, 0.4) is 0 Å². The van der Waals surface area contributed by atoms with E-state index >= 15 is 0 Å². The molecule has 0 bridgehead atoms. The number of hydrogen-bond donors (Lipinski definition) is 0. The number of aryl methyl sites for hydroxylation is 2. The Morgan fingerprint density at radius 1 is 1.20 bits per heavy atom. The van der Waals surface area contributed by atoms with Crippen LogP contribution in [0.4, 0.5) is 0 Å². The van der Waals surface area contributed by atoms with Crippen molar-refractivity contribution in [2.75, 3.05) is 7.05 Å². The maximum atomic E-state index is 5.30. The Balaban J connectivity index is 1.89. The Labute approximate surface area is 120 Å². The Kier molecular flexibility index (Phi) is 5.30. The molecule has 0 unspecified atom stereocenters. The van der Waals surface area contributed by atoms with Crippen molar-refractivity contribution in [2.24, 2.45) is 0 Å². The lowest BCUT2D eigenvalue weighted by Gasteiger charge is -2.15. The molecule has 4 heteroatoms. The summed E-state index contributed by atoms with van der Waals surface area (Å²) in [5.74, 6) is 1.53. The predicted molar refractivity (Wildman–Crippen MR) is 79.3 cm³/mol. The van der Waals surface area contributed by atoms with E-state index in [2.05, 4.69) is 60.2 Å². The maximum Gasteiger partial charge on any atom is 0.240 e. The fourth-order valence-electron chi connectivity index (χ4n) is 2.16. The number of hydrogen-bond acceptors (Lipinski definition) is 4. The van der Waals surface area contributed by atoms with Crippen molar-refractivity contribution in [2.45, 2.75) is 46.2 Å². The van der Waals surface area contributed by atoms with E-state index in [9.17, 15) is 0 Å². The largest absolute Gasteiger partial charge is 0.338 e. The topological polar surface area (TPSA) is 42.2 Å². The molecule has 1 aromatic carbocycles. The second-order valence-electron chi connectivity index (χ2n) is 5.31. The minimum atomic E-state index is 0.688. The predicted octanol–water partition coefficient (Wildman–Crippen LogP) is 3.35. The molecule has 2 rings (SSSR count). The lowest BCUT2D eigenvalue weighted by molar-refractivity contribution is 0.260. The summed E-state index contributed by atoms with van der Waals surface area (Å²) in [6.45, 7) is 5.88. The summed E-state index contributed by atoms with van der Waals surface area (Å²) in [6.07, 6.45) is 3.16. The van der Waals surface area contributed by atoms with Gasteiger partial charge < -0.3 is 4.52 Å². The maximum absolute atomic E-state index is 5.30. The molecule has 0 N–H and O–H groups in total. The lowest BCUT2D eigenvalue weighted by atomic mass is 10.1. The SMILES string of the molecule is CCCCc1noc(CN(C)Cc2ccccc2C)n1. The number of nitrogens with zero attached hydrogens (tertiary/aromatic N) is 3. The average molecular weight is 273 g/mol. The molecule has 0 atom stereocenters. The van der Waals surface area contributed by atoms with Gasteiger partial charge in [0.2, 0.25) is 5.89 Å². The van der Waals surface area contributed by atoms with Crippen LogP contribution >= 0.6 is 0 Å². The number of benzene rings is 1. The zero-order valence-electron chi connectivity index (χ0n) is 12.6. The van der Waals surface area contributed by atoms with E-state index in [-0.39, 0.29) is 0 Å². The normalized spacial score (nSPS) is 11.2. The van der Waals surface area contributed by atoms with E-state index in [4.69, 9.17) is 4.52 Å². The van der Waals surface area contributed by atoms with E-state index in [1.165, 1.54) is 11.1 Å². The zero-order valence-corrected chi connectivity index (χ0v) is 12.6. The van der Waals surface area contributed by atoms with E-state index < -0.39 is 0 Å². The van der Waals surface area contributed by atoms with Gasteiger partial charge in [0.1, 0.15) is 0 Å². The van der Waals surface area contributed by atoms with Crippen molar-refractivity contribution in [3.8, 4) is 0 Å². The monoisotopic (exact) mass is 273 g/mol. The van der Waals surface area contributed by atoms with Crippen LogP contribution in [0.5, 0.6) is 0 Å². The first kappa shape index (κ1) is 14.7. The molecule has 0 amide bonds. The molecule has 0 saturated heterocycles. The highest BCUT2D eigenvalue weighted by molar-refractivity contribution is 5.25. The van der Waals surface area contributed by atoms with E-state index in [1.54, 1.807) is 0 Å².